The van der Waals surface area contributed by atoms with Crippen LogP contribution in [0.2, 0.25) is 0 Å². The summed E-state index contributed by atoms with van der Waals surface area (Å²) in [7, 11) is -9.18. The number of aliphatic imine (C=N–C) groups is 2. The lowest BCUT2D eigenvalue weighted by atomic mass is 10.1. The number of guanidine groups is 2. The first-order valence-corrected chi connectivity index (χ1v) is 11.0. The number of nitrogens with two attached hydrogens (primary N) is 3. The number of non-ortho nitro benzene ring substituents is 1. The summed E-state index contributed by atoms with van der Waals surface area (Å²) >= 11 is 0. The minimum absolute atomic E-state index is 0.0927. The molecule has 2 aromatic carbocycles. The largest absolute Gasteiger partial charge is 0.370 e. The Morgan fingerprint density at radius 2 is 1.74 bits per heavy atom. The van der Waals surface area contributed by atoms with E-state index in [0.717, 1.165) is 30.3 Å². The molecule has 2 aromatic rings. The topological polar surface area (TPSA) is 246 Å². The van der Waals surface area contributed by atoms with E-state index in [2.05, 4.69) is 14.7 Å². The zero-order valence-electron chi connectivity index (χ0n) is 15.8. The fourth-order valence-electron chi connectivity index (χ4n) is 2.29. The van der Waals surface area contributed by atoms with Gasteiger partial charge in [0.2, 0.25) is 5.96 Å². The maximum atomic E-state index is 12.7. The molecule has 0 radical (unpaired) electrons. The van der Waals surface area contributed by atoms with Crippen molar-refractivity contribution in [1.82, 2.24) is 0 Å². The Balaban J connectivity index is 2.65. The first-order chi connectivity index (χ1) is 14.2. The summed E-state index contributed by atoms with van der Waals surface area (Å²) < 4.78 is 60.2. The quantitative estimate of drug-likeness (QED) is 0.125. The van der Waals surface area contributed by atoms with E-state index in [4.69, 9.17) is 17.2 Å². The molecule has 0 saturated carbocycles. The Kier molecular flexibility index (Phi) is 6.48. The van der Waals surface area contributed by atoms with Gasteiger partial charge in [0, 0.05) is 12.1 Å². The molecule has 0 spiro atoms. The number of anilines is 1. The summed E-state index contributed by atoms with van der Waals surface area (Å²) in [5, 5.41) is 10.9. The Bertz CT molecular complexity index is 1320. The fraction of sp³-hybridized carbons (Fsp3) is 0.0667. The molecule has 0 aliphatic rings. The fourth-order valence-corrected chi connectivity index (χ4v) is 3.97. The molecule has 31 heavy (non-hydrogen) atoms. The van der Waals surface area contributed by atoms with E-state index in [-0.39, 0.29) is 16.9 Å². The Hall–Kier alpha value is -3.76. The number of hydrogen-bond donors (Lipinski definition) is 5. The van der Waals surface area contributed by atoms with Crippen LogP contribution in [0.1, 0.15) is 5.56 Å². The van der Waals surface area contributed by atoms with Crippen molar-refractivity contribution >= 4 is 49.1 Å². The van der Waals surface area contributed by atoms with E-state index in [9.17, 15) is 31.5 Å². The van der Waals surface area contributed by atoms with Gasteiger partial charge in [-0.15, -0.1) is 0 Å². The molecule has 0 atom stereocenters. The molecular weight excluding hydrogens is 454 g/mol. The maximum absolute atomic E-state index is 12.7. The predicted octanol–water partition coefficient (Wildman–Crippen LogP) is 0.170. The number of sulfonamides is 1. The molecular formula is C15H17N7O7S2. The lowest BCUT2D eigenvalue weighted by Gasteiger charge is -2.14. The van der Waals surface area contributed by atoms with E-state index in [0.29, 0.717) is 0 Å². The second-order valence-corrected chi connectivity index (χ2v) is 9.06. The zero-order chi connectivity index (χ0) is 23.6. The van der Waals surface area contributed by atoms with Crippen molar-refractivity contribution in [2.75, 3.05) is 4.72 Å². The van der Waals surface area contributed by atoms with E-state index < -0.39 is 52.5 Å². The smallest absolute Gasteiger partial charge is 0.294 e. The van der Waals surface area contributed by atoms with Gasteiger partial charge in [-0.25, -0.2) is 13.4 Å². The van der Waals surface area contributed by atoms with Crippen LogP contribution in [-0.4, -0.2) is 38.2 Å². The number of nitro groups is 1. The van der Waals surface area contributed by atoms with E-state index in [1.54, 1.807) is 0 Å². The monoisotopic (exact) mass is 471 g/mol. The molecule has 0 aliphatic heterocycles. The van der Waals surface area contributed by atoms with Crippen LogP contribution in [0.25, 0.3) is 0 Å². The third-order valence-corrected chi connectivity index (χ3v) is 5.91. The molecule has 0 unspecified atom stereocenters. The molecule has 0 bridgehead atoms. The third kappa shape index (κ3) is 5.87. The van der Waals surface area contributed by atoms with E-state index in [1.165, 1.54) is 13.0 Å². The molecule has 8 N–H and O–H groups in total. The highest BCUT2D eigenvalue weighted by Crippen LogP contribution is 2.32. The highest BCUT2D eigenvalue weighted by Gasteiger charge is 2.22. The highest BCUT2D eigenvalue weighted by molar-refractivity contribution is 7.92. The van der Waals surface area contributed by atoms with Gasteiger partial charge in [-0.1, -0.05) is 6.07 Å². The molecule has 0 saturated heterocycles. The van der Waals surface area contributed by atoms with Crippen LogP contribution in [-0.2, 0) is 20.1 Å². The second-order valence-electron chi connectivity index (χ2n) is 5.96. The Morgan fingerprint density at radius 1 is 1.10 bits per heavy atom. The lowest BCUT2D eigenvalue weighted by Crippen LogP contribution is -2.26. The number of benzene rings is 2. The SMILES string of the molecule is Cc1c(N=C(N)N=C(N)N)cc(S(=O)(=O)O)cc1NS(=O)(=O)c1cccc([N+](=O)[O-])c1. The lowest BCUT2D eigenvalue weighted by molar-refractivity contribution is -0.385. The summed E-state index contributed by atoms with van der Waals surface area (Å²) in [5.41, 5.74) is 15.1. The Morgan fingerprint density at radius 3 is 2.29 bits per heavy atom. The molecule has 16 heteroatoms. The van der Waals surface area contributed by atoms with Gasteiger partial charge in [0.25, 0.3) is 25.8 Å². The number of nitro benzene ring substituents is 1. The van der Waals surface area contributed by atoms with Gasteiger partial charge in [-0.3, -0.25) is 19.4 Å². The summed E-state index contributed by atoms with van der Waals surface area (Å²) in [5.74, 6) is -0.903. The first kappa shape index (κ1) is 23.5. The average molecular weight is 471 g/mol. The second kappa shape index (κ2) is 8.54. The van der Waals surface area contributed by atoms with Gasteiger partial charge in [-0.05, 0) is 30.7 Å². The van der Waals surface area contributed by atoms with E-state index in [1.807, 2.05) is 0 Å². The molecule has 14 nitrogen and oxygen atoms in total. The van der Waals surface area contributed by atoms with Gasteiger partial charge in [0.15, 0.2) is 5.96 Å². The van der Waals surface area contributed by atoms with Gasteiger partial charge < -0.3 is 17.2 Å². The van der Waals surface area contributed by atoms with Crippen molar-refractivity contribution in [3.8, 4) is 0 Å². The standard InChI is InChI=1S/C15H17N7O7S2/c1-8-12(19-15(18)20-14(16)17)6-11(31(27,28)29)7-13(8)21-30(25,26)10-4-2-3-9(5-10)22(23)24/h2-7,21H,1H3,(H,27,28,29)(H6,16,17,18,19,20). The third-order valence-electron chi connectivity index (χ3n) is 3.71. The summed E-state index contributed by atoms with van der Waals surface area (Å²) in [6.45, 7) is 1.38. The van der Waals surface area contributed by atoms with Crippen molar-refractivity contribution in [1.29, 1.82) is 0 Å². The first-order valence-electron chi connectivity index (χ1n) is 8.04. The van der Waals surface area contributed by atoms with Crippen LogP contribution in [0.15, 0.2) is 56.2 Å². The Labute approximate surface area is 176 Å². The predicted molar refractivity (Wildman–Crippen MR) is 112 cm³/mol. The van der Waals surface area contributed by atoms with Gasteiger partial charge in [0.1, 0.15) is 0 Å². The highest BCUT2D eigenvalue weighted by atomic mass is 32.2. The van der Waals surface area contributed by atoms with Gasteiger partial charge >= 0.3 is 0 Å². The van der Waals surface area contributed by atoms with Crippen LogP contribution in [0, 0.1) is 17.0 Å². The van der Waals surface area contributed by atoms with E-state index >= 15 is 0 Å². The van der Waals surface area contributed by atoms with Crippen molar-refractivity contribution < 1.29 is 26.3 Å². The molecule has 166 valence electrons. The zero-order valence-corrected chi connectivity index (χ0v) is 17.4. The molecule has 0 aliphatic carbocycles. The van der Waals surface area contributed by atoms with Gasteiger partial charge in [0.05, 0.1) is 26.1 Å². The number of hydrogen-bond acceptors (Lipinski definition) is 7. The average Bonchev–Trinajstić information content (AvgIpc) is 2.63. The number of rotatable bonds is 6. The molecule has 0 aromatic heterocycles. The van der Waals surface area contributed by atoms with Crippen molar-refractivity contribution in [2.45, 2.75) is 16.7 Å². The van der Waals surface area contributed by atoms with Crippen LogP contribution in [0.3, 0.4) is 0 Å². The summed E-state index contributed by atoms with van der Waals surface area (Å²) in [6.07, 6.45) is 0. The van der Waals surface area contributed by atoms with Crippen molar-refractivity contribution in [3.63, 3.8) is 0 Å². The van der Waals surface area contributed by atoms with Crippen LogP contribution < -0.4 is 21.9 Å². The normalized spacial score (nSPS) is 12.3. The van der Waals surface area contributed by atoms with Crippen molar-refractivity contribution in [2.24, 2.45) is 27.2 Å². The molecule has 2 rings (SSSR count). The van der Waals surface area contributed by atoms with Crippen LogP contribution >= 0.6 is 0 Å². The number of nitrogens with one attached hydrogen (secondary N) is 1. The molecule has 0 fully saturated rings. The minimum atomic E-state index is -4.78. The molecule has 0 heterocycles. The minimum Gasteiger partial charge on any atom is -0.370 e. The van der Waals surface area contributed by atoms with Crippen molar-refractivity contribution in [3.05, 3.63) is 52.1 Å². The summed E-state index contributed by atoms with van der Waals surface area (Å²) in [6, 6.07) is 5.95. The van der Waals surface area contributed by atoms with Crippen LogP contribution in [0.4, 0.5) is 17.1 Å². The number of nitrogens with zero attached hydrogens (tertiary/aromatic N) is 3. The van der Waals surface area contributed by atoms with Gasteiger partial charge in [-0.2, -0.15) is 13.4 Å². The summed E-state index contributed by atoms with van der Waals surface area (Å²) in [4.78, 5) is 16.3. The maximum Gasteiger partial charge on any atom is 0.294 e. The molecule has 0 amide bonds. The van der Waals surface area contributed by atoms with Crippen LogP contribution in [0.5, 0.6) is 0 Å².